The van der Waals surface area contributed by atoms with Crippen LogP contribution >= 0.6 is 11.6 Å². The molecular weight excluding hydrogens is 309 g/mol. The van der Waals surface area contributed by atoms with Crippen LogP contribution in [0.3, 0.4) is 0 Å². The van der Waals surface area contributed by atoms with E-state index in [4.69, 9.17) is 21.1 Å². The molecule has 2 rings (SSSR count). The highest BCUT2D eigenvalue weighted by Crippen LogP contribution is 2.26. The van der Waals surface area contributed by atoms with Crippen LogP contribution in [-0.4, -0.2) is 36.3 Å². The summed E-state index contributed by atoms with van der Waals surface area (Å²) >= 11 is 5.81. The Kier molecular flexibility index (Phi) is 5.30. The van der Waals surface area contributed by atoms with E-state index in [9.17, 15) is 13.2 Å². The van der Waals surface area contributed by atoms with Gasteiger partial charge >= 0.3 is 0 Å². The summed E-state index contributed by atoms with van der Waals surface area (Å²) < 4.78 is 49.2. The molecule has 4 nitrogen and oxygen atoms in total. The van der Waals surface area contributed by atoms with Gasteiger partial charge in [-0.1, -0.05) is 0 Å². The van der Waals surface area contributed by atoms with Gasteiger partial charge in [-0.3, -0.25) is 0 Å². The van der Waals surface area contributed by atoms with Gasteiger partial charge in [-0.15, -0.1) is 11.6 Å². The minimum Gasteiger partial charge on any atom is -0.494 e. The molecule has 1 aromatic carbocycles. The predicted octanol–water partition coefficient (Wildman–Crippen LogP) is 3.20. The molecule has 0 aliphatic rings. The molecule has 0 atom stereocenters. The minimum atomic E-state index is -2.51. The number of methoxy groups -OCH3 is 1. The summed E-state index contributed by atoms with van der Waals surface area (Å²) in [6.07, 6.45) is -2.51. The molecule has 0 saturated heterocycles. The van der Waals surface area contributed by atoms with Gasteiger partial charge in [-0.05, 0) is 0 Å². The van der Waals surface area contributed by atoms with Crippen molar-refractivity contribution in [1.82, 2.24) is 9.55 Å². The third kappa shape index (κ3) is 3.59. The van der Waals surface area contributed by atoms with Crippen molar-refractivity contribution in [3.63, 3.8) is 0 Å². The fraction of sp³-hybridized carbons (Fsp3) is 0.462. The van der Waals surface area contributed by atoms with Gasteiger partial charge in [0.2, 0.25) is 0 Å². The number of alkyl halides is 3. The van der Waals surface area contributed by atoms with Gasteiger partial charge in [0.15, 0.2) is 11.6 Å². The topological polar surface area (TPSA) is 36.3 Å². The summed E-state index contributed by atoms with van der Waals surface area (Å²) in [6.45, 7) is -0.250. The van der Waals surface area contributed by atoms with E-state index in [1.807, 2.05) is 0 Å². The summed E-state index contributed by atoms with van der Waals surface area (Å²) in [5.41, 5.74) is 1.04. The van der Waals surface area contributed by atoms with Crippen molar-refractivity contribution >= 4 is 22.6 Å². The molecule has 0 N–H and O–H groups in total. The molecule has 8 heteroatoms. The van der Waals surface area contributed by atoms with Gasteiger partial charge in [-0.25, -0.2) is 18.2 Å². The lowest BCUT2D eigenvalue weighted by molar-refractivity contribution is 0.0149. The summed E-state index contributed by atoms with van der Waals surface area (Å²) in [6, 6.07) is 2.75. The molecule has 116 valence electrons. The van der Waals surface area contributed by atoms with Gasteiger partial charge in [0.05, 0.1) is 30.6 Å². The number of hydrogen-bond acceptors (Lipinski definition) is 3. The van der Waals surface area contributed by atoms with Gasteiger partial charge in [0.25, 0.3) is 6.43 Å². The van der Waals surface area contributed by atoms with Crippen molar-refractivity contribution in [2.24, 2.45) is 0 Å². The minimum absolute atomic E-state index is 0.0817. The van der Waals surface area contributed by atoms with Crippen LogP contribution in [0.2, 0.25) is 0 Å². The normalized spacial score (nSPS) is 11.5. The zero-order valence-electron chi connectivity index (χ0n) is 11.3. The zero-order chi connectivity index (χ0) is 15.4. The first kappa shape index (κ1) is 15.9. The van der Waals surface area contributed by atoms with Crippen molar-refractivity contribution in [1.29, 1.82) is 0 Å². The van der Waals surface area contributed by atoms with E-state index < -0.39 is 18.8 Å². The van der Waals surface area contributed by atoms with E-state index in [1.165, 1.54) is 19.2 Å². The van der Waals surface area contributed by atoms with Crippen LogP contribution in [-0.2, 0) is 17.2 Å². The van der Waals surface area contributed by atoms with E-state index in [-0.39, 0.29) is 18.2 Å². The van der Waals surface area contributed by atoms with Crippen LogP contribution in [0.15, 0.2) is 12.1 Å². The second-order valence-electron chi connectivity index (χ2n) is 4.25. The summed E-state index contributed by atoms with van der Waals surface area (Å²) in [5, 5.41) is 0. The molecule has 0 amide bonds. The van der Waals surface area contributed by atoms with Crippen molar-refractivity contribution in [3.05, 3.63) is 23.8 Å². The lowest BCUT2D eigenvalue weighted by Crippen LogP contribution is -2.12. The van der Waals surface area contributed by atoms with Gasteiger partial charge < -0.3 is 14.0 Å². The first-order chi connectivity index (χ1) is 10.1. The maximum Gasteiger partial charge on any atom is 0.261 e. The molecule has 0 spiro atoms. The molecule has 0 bridgehead atoms. The van der Waals surface area contributed by atoms with Crippen LogP contribution in [0.1, 0.15) is 5.82 Å². The molecule has 0 aliphatic carbocycles. The molecule has 0 fully saturated rings. The average Bonchev–Trinajstić information content (AvgIpc) is 2.79. The van der Waals surface area contributed by atoms with Gasteiger partial charge in [0, 0.05) is 18.7 Å². The first-order valence-corrected chi connectivity index (χ1v) is 6.74. The van der Waals surface area contributed by atoms with Crippen LogP contribution in [0.4, 0.5) is 13.2 Å². The van der Waals surface area contributed by atoms with Crippen LogP contribution < -0.4 is 4.74 Å². The number of imidazole rings is 1. The second kappa shape index (κ2) is 7.00. The standard InChI is InChI=1S/C13H14ClF3N2O2/c1-20-11-5-10-9(4-8(11)15)18-13(6-14)19(10)2-3-21-7-12(16)17/h4-5,12H,2-3,6-7H2,1H3. The molecule has 1 heterocycles. The van der Waals surface area contributed by atoms with E-state index in [1.54, 1.807) is 4.57 Å². The Morgan fingerprint density at radius 2 is 2.14 bits per heavy atom. The molecule has 2 aromatic rings. The highest BCUT2D eigenvalue weighted by Gasteiger charge is 2.14. The molecular formula is C13H14ClF3N2O2. The number of aromatic nitrogens is 2. The summed E-state index contributed by atoms with van der Waals surface area (Å²) in [4.78, 5) is 4.21. The highest BCUT2D eigenvalue weighted by atomic mass is 35.5. The zero-order valence-corrected chi connectivity index (χ0v) is 12.0. The Balaban J connectivity index is 2.27. The maximum absolute atomic E-state index is 13.6. The largest absolute Gasteiger partial charge is 0.494 e. The first-order valence-electron chi connectivity index (χ1n) is 6.21. The summed E-state index contributed by atoms with van der Waals surface area (Å²) in [5.74, 6) is 0.191. The lowest BCUT2D eigenvalue weighted by atomic mass is 10.3. The molecule has 0 radical (unpaired) electrons. The Bertz CT molecular complexity index is 619. The Morgan fingerprint density at radius 1 is 1.38 bits per heavy atom. The molecule has 0 aliphatic heterocycles. The van der Waals surface area contributed by atoms with Crippen molar-refractivity contribution in [2.75, 3.05) is 20.3 Å². The maximum atomic E-state index is 13.6. The van der Waals surface area contributed by atoms with E-state index >= 15 is 0 Å². The number of halogens is 4. The smallest absolute Gasteiger partial charge is 0.261 e. The van der Waals surface area contributed by atoms with Crippen molar-refractivity contribution < 1.29 is 22.6 Å². The van der Waals surface area contributed by atoms with Gasteiger partial charge in [0.1, 0.15) is 12.4 Å². The number of fused-ring (bicyclic) bond motifs is 1. The van der Waals surface area contributed by atoms with E-state index in [0.29, 0.717) is 23.4 Å². The Hall–Kier alpha value is -1.47. The van der Waals surface area contributed by atoms with Crippen LogP contribution in [0.25, 0.3) is 11.0 Å². The van der Waals surface area contributed by atoms with Crippen molar-refractivity contribution in [2.45, 2.75) is 18.9 Å². The highest BCUT2D eigenvalue weighted by molar-refractivity contribution is 6.16. The second-order valence-corrected chi connectivity index (χ2v) is 4.52. The van der Waals surface area contributed by atoms with Crippen LogP contribution in [0.5, 0.6) is 5.75 Å². The third-order valence-electron chi connectivity index (χ3n) is 2.92. The lowest BCUT2D eigenvalue weighted by Gasteiger charge is -2.09. The Labute approximate surface area is 124 Å². The fourth-order valence-electron chi connectivity index (χ4n) is 2.01. The summed E-state index contributed by atoms with van der Waals surface area (Å²) in [7, 11) is 1.36. The van der Waals surface area contributed by atoms with E-state index in [2.05, 4.69) is 4.98 Å². The number of hydrogen-bond donors (Lipinski definition) is 0. The molecule has 0 saturated carbocycles. The molecule has 21 heavy (non-hydrogen) atoms. The number of benzene rings is 1. The number of nitrogens with zero attached hydrogens (tertiary/aromatic N) is 2. The third-order valence-corrected chi connectivity index (χ3v) is 3.16. The molecule has 1 aromatic heterocycles. The number of ether oxygens (including phenoxy) is 2. The average molecular weight is 323 g/mol. The van der Waals surface area contributed by atoms with Crippen LogP contribution in [0, 0.1) is 5.82 Å². The quantitative estimate of drug-likeness (QED) is 0.580. The monoisotopic (exact) mass is 322 g/mol. The Morgan fingerprint density at radius 3 is 2.76 bits per heavy atom. The van der Waals surface area contributed by atoms with Crippen molar-refractivity contribution in [3.8, 4) is 5.75 Å². The SMILES string of the molecule is COc1cc2c(cc1F)nc(CCl)n2CCOCC(F)F. The predicted molar refractivity (Wildman–Crippen MR) is 72.6 cm³/mol. The molecule has 0 unspecified atom stereocenters. The fourth-order valence-corrected chi connectivity index (χ4v) is 2.22. The van der Waals surface area contributed by atoms with Gasteiger partial charge in [-0.2, -0.15) is 0 Å². The number of rotatable bonds is 7. The van der Waals surface area contributed by atoms with E-state index in [0.717, 1.165) is 0 Å².